The van der Waals surface area contributed by atoms with Crippen molar-refractivity contribution in [2.75, 3.05) is 13.7 Å². The average Bonchev–Trinajstić information content (AvgIpc) is 3.37. The molecule has 0 bridgehead atoms. The highest BCUT2D eigenvalue weighted by molar-refractivity contribution is 6.02. The monoisotopic (exact) mass is 520 g/mol. The van der Waals surface area contributed by atoms with Crippen LogP contribution in [0.4, 0.5) is 0 Å². The number of fused-ring (bicyclic) bond motifs is 2. The highest BCUT2D eigenvalue weighted by Crippen LogP contribution is 2.36. The van der Waals surface area contributed by atoms with E-state index in [0.29, 0.717) is 35.4 Å². The van der Waals surface area contributed by atoms with Gasteiger partial charge in [-0.05, 0) is 37.1 Å². The highest BCUT2D eigenvalue weighted by atomic mass is 16.6. The summed E-state index contributed by atoms with van der Waals surface area (Å²) in [5, 5.41) is 9.52. The van der Waals surface area contributed by atoms with Gasteiger partial charge in [0.25, 0.3) is 5.56 Å². The first-order chi connectivity index (χ1) is 19.0. The van der Waals surface area contributed by atoms with Crippen LogP contribution in [0, 0.1) is 0 Å². The predicted molar refractivity (Wildman–Crippen MR) is 144 cm³/mol. The molecule has 1 aliphatic rings. The van der Waals surface area contributed by atoms with Gasteiger partial charge >= 0.3 is 5.97 Å². The molecule has 3 aromatic heterocycles. The lowest BCUT2D eigenvalue weighted by molar-refractivity contribution is -0.142. The molecule has 9 heteroatoms. The van der Waals surface area contributed by atoms with Crippen LogP contribution in [-0.4, -0.2) is 44.9 Å². The van der Waals surface area contributed by atoms with Crippen molar-refractivity contribution in [2.45, 2.75) is 18.9 Å². The summed E-state index contributed by atoms with van der Waals surface area (Å²) in [6, 6.07) is 23.0. The van der Waals surface area contributed by atoms with Crippen LogP contribution >= 0.6 is 0 Å². The summed E-state index contributed by atoms with van der Waals surface area (Å²) in [5.74, 6) is -0.282. The number of benzene rings is 2. The largest absolute Gasteiger partial charge is 0.482 e. The van der Waals surface area contributed by atoms with E-state index < -0.39 is 12.0 Å². The molecule has 2 aromatic carbocycles. The quantitative estimate of drug-likeness (QED) is 0.310. The van der Waals surface area contributed by atoms with Crippen molar-refractivity contribution in [1.29, 1.82) is 0 Å². The minimum atomic E-state index is -0.775. The van der Waals surface area contributed by atoms with E-state index in [0.717, 1.165) is 22.3 Å². The number of carbonyl (C=O) groups is 2. The van der Waals surface area contributed by atoms with Crippen LogP contribution in [0.2, 0.25) is 0 Å². The lowest BCUT2D eigenvalue weighted by atomic mass is 9.86. The Hall–Kier alpha value is -5.05. The first-order valence-corrected chi connectivity index (χ1v) is 12.5. The Kier molecular flexibility index (Phi) is 6.24. The number of nitrogens with zero attached hydrogens (tertiary/aromatic N) is 4. The van der Waals surface area contributed by atoms with Gasteiger partial charge in [0.2, 0.25) is 0 Å². The number of hydrogen-bond donors (Lipinski definition) is 0. The van der Waals surface area contributed by atoms with Gasteiger partial charge in [-0.2, -0.15) is 10.2 Å². The Morgan fingerprint density at radius 1 is 0.949 bits per heavy atom. The second kappa shape index (κ2) is 10.0. The van der Waals surface area contributed by atoms with E-state index in [2.05, 4.69) is 4.74 Å². The smallest absolute Gasteiger partial charge is 0.343 e. The molecule has 194 valence electrons. The van der Waals surface area contributed by atoms with E-state index in [1.807, 2.05) is 54.7 Å². The van der Waals surface area contributed by atoms with Crippen LogP contribution in [0.25, 0.3) is 28.0 Å². The van der Waals surface area contributed by atoms with Crippen molar-refractivity contribution < 1.29 is 19.1 Å². The molecule has 0 saturated heterocycles. The maximum absolute atomic E-state index is 13.7. The topological polar surface area (TPSA) is 105 Å². The third-order valence-electron chi connectivity index (χ3n) is 6.91. The molecule has 0 spiro atoms. The van der Waals surface area contributed by atoms with Gasteiger partial charge in [-0.25, -0.2) is 14.0 Å². The maximum atomic E-state index is 13.7. The van der Waals surface area contributed by atoms with Gasteiger partial charge in [0, 0.05) is 29.0 Å². The number of rotatable bonds is 6. The number of esters is 1. The van der Waals surface area contributed by atoms with Gasteiger partial charge < -0.3 is 9.47 Å². The molecule has 1 atom stereocenters. The summed E-state index contributed by atoms with van der Waals surface area (Å²) in [6.07, 6.45) is 2.71. The van der Waals surface area contributed by atoms with E-state index in [9.17, 15) is 14.4 Å². The lowest BCUT2D eigenvalue weighted by Crippen LogP contribution is -2.35. The molecule has 0 fully saturated rings. The molecule has 0 aliphatic heterocycles. The molecular weight excluding hydrogens is 496 g/mol. The molecule has 1 aliphatic carbocycles. The Balaban J connectivity index is 1.41. The zero-order valence-corrected chi connectivity index (χ0v) is 21.1. The fourth-order valence-corrected chi connectivity index (χ4v) is 5.04. The Morgan fingerprint density at radius 3 is 2.59 bits per heavy atom. The molecular formula is C30H24N4O5. The SMILES string of the molecule is COC(=O)COc1cccc2c1CCC(n1nc(-c3c(-c4ccccc4)nn4ccccc34)ccc1=O)C2=O. The number of ether oxygens (including phenoxy) is 2. The molecule has 0 N–H and O–H groups in total. The highest BCUT2D eigenvalue weighted by Gasteiger charge is 2.32. The van der Waals surface area contributed by atoms with Crippen LogP contribution in [0.5, 0.6) is 5.75 Å². The molecule has 6 rings (SSSR count). The Labute approximate surface area is 223 Å². The summed E-state index contributed by atoms with van der Waals surface area (Å²) >= 11 is 0. The lowest BCUT2D eigenvalue weighted by Gasteiger charge is -2.25. The van der Waals surface area contributed by atoms with E-state index in [1.54, 1.807) is 28.8 Å². The first kappa shape index (κ1) is 24.3. The summed E-state index contributed by atoms with van der Waals surface area (Å²) < 4.78 is 13.3. The number of Topliss-reactive ketones (excluding diaryl/α,β-unsaturated/α-hetero) is 1. The van der Waals surface area contributed by atoms with Crippen molar-refractivity contribution in [3.05, 3.63) is 107 Å². The van der Waals surface area contributed by atoms with Crippen LogP contribution in [0.3, 0.4) is 0 Å². The summed E-state index contributed by atoms with van der Waals surface area (Å²) in [4.78, 5) is 38.2. The second-order valence-corrected chi connectivity index (χ2v) is 9.19. The zero-order valence-electron chi connectivity index (χ0n) is 21.1. The van der Waals surface area contributed by atoms with E-state index in [-0.39, 0.29) is 17.9 Å². The van der Waals surface area contributed by atoms with Crippen molar-refractivity contribution in [3.8, 4) is 28.3 Å². The maximum Gasteiger partial charge on any atom is 0.343 e. The Bertz CT molecular complexity index is 1770. The van der Waals surface area contributed by atoms with E-state index in [1.165, 1.54) is 17.9 Å². The number of pyridine rings is 1. The Morgan fingerprint density at radius 2 is 1.77 bits per heavy atom. The zero-order chi connectivity index (χ0) is 26.9. The van der Waals surface area contributed by atoms with Gasteiger partial charge in [-0.3, -0.25) is 9.59 Å². The molecule has 0 radical (unpaired) electrons. The fraction of sp³-hybridized carbons (Fsp3) is 0.167. The number of carbonyl (C=O) groups excluding carboxylic acids is 2. The molecule has 3 heterocycles. The third kappa shape index (κ3) is 4.37. The van der Waals surface area contributed by atoms with Crippen LogP contribution in [0.15, 0.2) is 89.9 Å². The van der Waals surface area contributed by atoms with Crippen LogP contribution in [-0.2, 0) is 16.0 Å². The molecule has 1 unspecified atom stereocenters. The third-order valence-corrected chi connectivity index (χ3v) is 6.91. The number of methoxy groups -OCH3 is 1. The number of ketones is 1. The molecule has 0 amide bonds. The van der Waals surface area contributed by atoms with E-state index in [4.69, 9.17) is 14.9 Å². The molecule has 5 aromatic rings. The van der Waals surface area contributed by atoms with Crippen molar-refractivity contribution in [1.82, 2.24) is 19.4 Å². The summed E-state index contributed by atoms with van der Waals surface area (Å²) in [7, 11) is 1.29. The van der Waals surface area contributed by atoms with Gasteiger partial charge in [-0.15, -0.1) is 0 Å². The van der Waals surface area contributed by atoms with Gasteiger partial charge in [0.15, 0.2) is 12.4 Å². The average molecular weight is 521 g/mol. The van der Waals surface area contributed by atoms with E-state index >= 15 is 0 Å². The minimum absolute atomic E-state index is 0.227. The standard InChI is InChI=1S/C30H24N4O5/c1-38-27(36)18-39-25-12-7-10-21-20(25)13-15-24(30(21)37)34-26(35)16-14-22(31-34)28-23-11-5-6-17-33(23)32-29(28)19-8-3-2-4-9-19/h2-12,14,16-17,24H,13,15,18H2,1H3. The van der Waals surface area contributed by atoms with Gasteiger partial charge in [0.05, 0.1) is 23.9 Å². The molecule has 39 heavy (non-hydrogen) atoms. The summed E-state index contributed by atoms with van der Waals surface area (Å²) in [5.41, 5.74) is 4.60. The molecule has 0 saturated carbocycles. The molecule has 9 nitrogen and oxygen atoms in total. The summed E-state index contributed by atoms with van der Waals surface area (Å²) in [6.45, 7) is -0.253. The predicted octanol–water partition coefficient (Wildman–Crippen LogP) is 4.15. The number of aromatic nitrogens is 4. The van der Waals surface area contributed by atoms with Crippen molar-refractivity contribution >= 4 is 17.3 Å². The van der Waals surface area contributed by atoms with Crippen molar-refractivity contribution in [3.63, 3.8) is 0 Å². The number of hydrogen-bond acceptors (Lipinski definition) is 7. The minimum Gasteiger partial charge on any atom is -0.482 e. The van der Waals surface area contributed by atoms with Crippen LogP contribution in [0.1, 0.15) is 28.4 Å². The van der Waals surface area contributed by atoms with Gasteiger partial charge in [0.1, 0.15) is 17.5 Å². The second-order valence-electron chi connectivity index (χ2n) is 9.19. The van der Waals surface area contributed by atoms with Crippen LogP contribution < -0.4 is 10.3 Å². The van der Waals surface area contributed by atoms with Gasteiger partial charge in [-0.1, -0.05) is 48.5 Å². The van der Waals surface area contributed by atoms with Crippen molar-refractivity contribution in [2.24, 2.45) is 0 Å². The normalized spacial score (nSPS) is 14.7. The fourth-order valence-electron chi connectivity index (χ4n) is 5.04. The first-order valence-electron chi connectivity index (χ1n) is 12.5.